The van der Waals surface area contributed by atoms with Crippen molar-refractivity contribution >= 4 is 28.7 Å². The SMILES string of the molecule is CC(C)(C)OC(=O)NC(C)(C)C(=O)NC(Cc1cccc2ccccc12)C(=O)N1CCC(c2ccccc2)CC1. The van der Waals surface area contributed by atoms with E-state index in [-0.39, 0.29) is 5.91 Å². The highest BCUT2D eigenvalue weighted by atomic mass is 16.6. The van der Waals surface area contributed by atoms with Gasteiger partial charge in [-0.3, -0.25) is 9.59 Å². The molecule has 2 N–H and O–H groups in total. The molecular weight excluding hydrogens is 502 g/mol. The molecule has 0 spiro atoms. The van der Waals surface area contributed by atoms with Crippen LogP contribution < -0.4 is 10.6 Å². The van der Waals surface area contributed by atoms with Crippen molar-refractivity contribution < 1.29 is 19.1 Å². The van der Waals surface area contributed by atoms with E-state index in [0.717, 1.165) is 29.2 Å². The summed E-state index contributed by atoms with van der Waals surface area (Å²) in [7, 11) is 0. The molecule has 7 heteroatoms. The van der Waals surface area contributed by atoms with Crippen LogP contribution in [0.5, 0.6) is 0 Å². The number of hydrogen-bond acceptors (Lipinski definition) is 4. The lowest BCUT2D eigenvalue weighted by atomic mass is 9.89. The number of hydrogen-bond donors (Lipinski definition) is 2. The maximum absolute atomic E-state index is 14.0. The average Bonchev–Trinajstić information content (AvgIpc) is 2.91. The van der Waals surface area contributed by atoms with E-state index in [2.05, 4.69) is 34.9 Å². The Bertz CT molecular complexity index is 1330. The van der Waals surface area contributed by atoms with E-state index in [9.17, 15) is 14.4 Å². The van der Waals surface area contributed by atoms with Crippen LogP contribution in [-0.4, -0.2) is 53.1 Å². The fourth-order valence-electron chi connectivity index (χ4n) is 5.22. The van der Waals surface area contributed by atoms with Gasteiger partial charge in [0, 0.05) is 19.5 Å². The fourth-order valence-corrected chi connectivity index (χ4v) is 5.22. The number of piperidine rings is 1. The molecular formula is C33H41N3O4. The zero-order chi connectivity index (χ0) is 28.9. The molecule has 3 amide bonds. The molecule has 212 valence electrons. The maximum Gasteiger partial charge on any atom is 0.408 e. The van der Waals surface area contributed by atoms with Crippen molar-refractivity contribution in [1.29, 1.82) is 0 Å². The number of amides is 3. The Morgan fingerprint density at radius 2 is 1.50 bits per heavy atom. The molecule has 1 atom stereocenters. The molecule has 1 fully saturated rings. The van der Waals surface area contributed by atoms with E-state index >= 15 is 0 Å². The smallest absolute Gasteiger partial charge is 0.408 e. The number of benzene rings is 3. The van der Waals surface area contributed by atoms with Crippen LogP contribution in [0.3, 0.4) is 0 Å². The van der Waals surface area contributed by atoms with Crippen molar-refractivity contribution in [2.24, 2.45) is 0 Å². The van der Waals surface area contributed by atoms with Gasteiger partial charge in [0.15, 0.2) is 0 Å². The molecule has 0 bridgehead atoms. The highest BCUT2D eigenvalue weighted by Gasteiger charge is 2.36. The van der Waals surface area contributed by atoms with Gasteiger partial charge in [-0.05, 0) is 75.3 Å². The summed E-state index contributed by atoms with van der Waals surface area (Å²) >= 11 is 0. The van der Waals surface area contributed by atoms with Crippen LogP contribution in [0, 0.1) is 0 Å². The molecule has 3 aromatic carbocycles. The summed E-state index contributed by atoms with van der Waals surface area (Å²) in [5.74, 6) is -0.148. The van der Waals surface area contributed by atoms with Crippen molar-refractivity contribution in [3.63, 3.8) is 0 Å². The minimum Gasteiger partial charge on any atom is -0.444 e. The molecule has 4 rings (SSSR count). The van der Waals surface area contributed by atoms with Crippen LogP contribution in [-0.2, 0) is 20.7 Å². The monoisotopic (exact) mass is 543 g/mol. The standard InChI is InChI=1S/C33H41N3O4/c1-32(2,3)40-31(39)35-33(4,5)30(38)34-28(22-26-16-11-15-25-14-9-10-17-27(25)26)29(37)36-20-18-24(19-21-36)23-12-7-6-8-13-23/h6-17,24,28H,18-22H2,1-5H3,(H,34,38)(H,35,39). The van der Waals surface area contributed by atoms with E-state index in [4.69, 9.17) is 4.74 Å². The van der Waals surface area contributed by atoms with Gasteiger partial charge in [-0.1, -0.05) is 72.8 Å². The topological polar surface area (TPSA) is 87.7 Å². The van der Waals surface area contributed by atoms with Crippen molar-refractivity contribution in [2.75, 3.05) is 13.1 Å². The molecule has 3 aromatic rings. The van der Waals surface area contributed by atoms with Gasteiger partial charge >= 0.3 is 6.09 Å². The van der Waals surface area contributed by atoms with Crippen molar-refractivity contribution in [3.05, 3.63) is 83.9 Å². The quantitative estimate of drug-likeness (QED) is 0.408. The second-order valence-electron chi connectivity index (χ2n) is 12.1. The molecule has 1 saturated heterocycles. The van der Waals surface area contributed by atoms with E-state index in [1.807, 2.05) is 53.4 Å². The number of carbonyl (C=O) groups excluding carboxylic acids is 3. The number of alkyl carbamates (subject to hydrolysis) is 1. The minimum atomic E-state index is -1.29. The van der Waals surface area contributed by atoms with Crippen LogP contribution in [0.1, 0.15) is 64.5 Å². The third-order valence-electron chi connectivity index (χ3n) is 7.37. The largest absolute Gasteiger partial charge is 0.444 e. The summed E-state index contributed by atoms with van der Waals surface area (Å²) in [6, 6.07) is 23.7. The predicted octanol–water partition coefficient (Wildman–Crippen LogP) is 5.58. The third kappa shape index (κ3) is 7.40. The second-order valence-corrected chi connectivity index (χ2v) is 12.1. The zero-order valence-corrected chi connectivity index (χ0v) is 24.2. The highest BCUT2D eigenvalue weighted by Crippen LogP contribution is 2.28. The van der Waals surface area contributed by atoms with Gasteiger partial charge in [0.25, 0.3) is 0 Å². The first-order valence-corrected chi connectivity index (χ1v) is 14.1. The van der Waals surface area contributed by atoms with E-state index in [0.29, 0.717) is 25.4 Å². The second kappa shape index (κ2) is 12.1. The molecule has 0 radical (unpaired) electrons. The van der Waals surface area contributed by atoms with E-state index in [1.54, 1.807) is 34.6 Å². The first kappa shape index (κ1) is 29.1. The van der Waals surface area contributed by atoms with Crippen molar-refractivity contribution in [1.82, 2.24) is 15.5 Å². The summed E-state index contributed by atoms with van der Waals surface area (Å²) < 4.78 is 5.36. The summed E-state index contributed by atoms with van der Waals surface area (Å²) in [6.45, 7) is 9.76. The van der Waals surface area contributed by atoms with E-state index < -0.39 is 29.2 Å². The average molecular weight is 544 g/mol. The zero-order valence-electron chi connectivity index (χ0n) is 24.2. The molecule has 1 aliphatic rings. The highest BCUT2D eigenvalue weighted by molar-refractivity contribution is 5.94. The van der Waals surface area contributed by atoms with Gasteiger partial charge in [-0.15, -0.1) is 0 Å². The van der Waals surface area contributed by atoms with Crippen LogP contribution in [0.25, 0.3) is 10.8 Å². The number of carbonyl (C=O) groups is 3. The predicted molar refractivity (Wildman–Crippen MR) is 158 cm³/mol. The van der Waals surface area contributed by atoms with Gasteiger partial charge in [0.05, 0.1) is 0 Å². The maximum atomic E-state index is 14.0. The van der Waals surface area contributed by atoms with Gasteiger partial charge < -0.3 is 20.3 Å². The number of fused-ring (bicyclic) bond motifs is 1. The van der Waals surface area contributed by atoms with Crippen molar-refractivity contribution in [3.8, 4) is 0 Å². The van der Waals surface area contributed by atoms with Gasteiger partial charge in [0.1, 0.15) is 17.2 Å². The molecule has 0 saturated carbocycles. The molecule has 1 unspecified atom stereocenters. The molecule has 1 heterocycles. The summed E-state index contributed by atoms with van der Waals surface area (Å²) in [6.07, 6.45) is 1.40. The number of likely N-dealkylation sites (tertiary alicyclic amines) is 1. The van der Waals surface area contributed by atoms with Gasteiger partial charge in [-0.2, -0.15) is 0 Å². The Hall–Kier alpha value is -3.87. The lowest BCUT2D eigenvalue weighted by molar-refractivity contribution is -0.138. The van der Waals surface area contributed by atoms with Gasteiger partial charge in [-0.25, -0.2) is 4.79 Å². The number of rotatable bonds is 7. The fraction of sp³-hybridized carbons (Fsp3) is 0.424. The molecule has 0 aromatic heterocycles. The van der Waals surface area contributed by atoms with Crippen molar-refractivity contribution in [2.45, 2.75) is 77.0 Å². The van der Waals surface area contributed by atoms with Crippen LogP contribution in [0.15, 0.2) is 72.8 Å². The van der Waals surface area contributed by atoms with Crippen LogP contribution >= 0.6 is 0 Å². The molecule has 0 aliphatic carbocycles. The summed E-state index contributed by atoms with van der Waals surface area (Å²) in [5.41, 5.74) is 0.286. The summed E-state index contributed by atoms with van der Waals surface area (Å²) in [4.78, 5) is 41.8. The Morgan fingerprint density at radius 1 is 0.875 bits per heavy atom. The van der Waals surface area contributed by atoms with Crippen LogP contribution in [0.4, 0.5) is 4.79 Å². The van der Waals surface area contributed by atoms with Crippen LogP contribution in [0.2, 0.25) is 0 Å². The Labute approximate surface area is 237 Å². The molecule has 1 aliphatic heterocycles. The molecule has 40 heavy (non-hydrogen) atoms. The first-order chi connectivity index (χ1) is 18.9. The van der Waals surface area contributed by atoms with E-state index in [1.165, 1.54) is 5.56 Å². The Morgan fingerprint density at radius 3 is 2.17 bits per heavy atom. The van der Waals surface area contributed by atoms with Gasteiger partial charge in [0.2, 0.25) is 11.8 Å². The minimum absolute atomic E-state index is 0.110. The normalized spacial score (nSPS) is 15.4. The number of nitrogens with one attached hydrogen (secondary N) is 2. The lowest BCUT2D eigenvalue weighted by Gasteiger charge is -2.36. The Balaban J connectivity index is 1.53. The lowest BCUT2D eigenvalue weighted by Crippen LogP contribution is -2.60. The first-order valence-electron chi connectivity index (χ1n) is 14.1. The number of ether oxygens (including phenoxy) is 1. The third-order valence-corrected chi connectivity index (χ3v) is 7.37. The number of nitrogens with zero attached hydrogens (tertiary/aromatic N) is 1. The molecule has 7 nitrogen and oxygen atoms in total. The Kier molecular flexibility index (Phi) is 8.82. The summed E-state index contributed by atoms with van der Waals surface area (Å²) in [5, 5.41) is 7.76.